The maximum Gasteiger partial charge on any atom is 0.315 e. The minimum atomic E-state index is -0.607. The molecule has 1 rings (SSSR count). The van der Waals surface area contributed by atoms with E-state index in [1.807, 2.05) is 13.0 Å². The second-order valence-electron chi connectivity index (χ2n) is 5.12. The normalized spacial score (nSPS) is 10.2. The van der Waals surface area contributed by atoms with Crippen LogP contribution in [0.5, 0.6) is 0 Å². The number of rotatable bonds is 7. The van der Waals surface area contributed by atoms with Crippen molar-refractivity contribution in [2.24, 2.45) is 0 Å². The first-order valence-corrected chi connectivity index (χ1v) is 7.62. The average Bonchev–Trinajstić information content (AvgIpc) is 2.49. The van der Waals surface area contributed by atoms with E-state index in [2.05, 4.69) is 24.1 Å². The third-order valence-electron chi connectivity index (χ3n) is 3.29. The van der Waals surface area contributed by atoms with Crippen molar-refractivity contribution in [3.8, 4) is 0 Å². The molecule has 0 saturated heterocycles. The van der Waals surface area contributed by atoms with Gasteiger partial charge in [0.25, 0.3) is 0 Å². The smallest absolute Gasteiger partial charge is 0.315 e. The van der Waals surface area contributed by atoms with Crippen LogP contribution < -0.4 is 5.32 Å². The lowest BCUT2D eigenvalue weighted by Crippen LogP contribution is -2.41. The summed E-state index contributed by atoms with van der Waals surface area (Å²) in [5.74, 6) is -0.632. The molecule has 0 saturated carbocycles. The minimum Gasteiger partial charge on any atom is -0.334 e. The molecule has 0 atom stereocenters. The summed E-state index contributed by atoms with van der Waals surface area (Å²) in [5, 5.41) is 2.60. The number of unbranched alkanes of at least 4 members (excludes halogenated alkanes) is 2. The quantitative estimate of drug-likeness (QED) is 0.786. The van der Waals surface area contributed by atoms with Crippen molar-refractivity contribution >= 4 is 17.6 Å². The topological polar surface area (TPSA) is 62.3 Å². The van der Waals surface area contributed by atoms with Gasteiger partial charge in [0.15, 0.2) is 0 Å². The van der Waals surface area contributed by atoms with Gasteiger partial charge in [-0.2, -0.15) is 0 Å². The Morgan fingerprint density at radius 1 is 1.19 bits per heavy atom. The van der Waals surface area contributed by atoms with Gasteiger partial charge in [-0.05, 0) is 31.4 Å². The summed E-state index contributed by atoms with van der Waals surface area (Å²) >= 11 is 0. The second-order valence-corrected chi connectivity index (χ2v) is 5.12. The van der Waals surface area contributed by atoms with Gasteiger partial charge in [0.1, 0.15) is 5.82 Å². The van der Waals surface area contributed by atoms with E-state index in [0.29, 0.717) is 18.9 Å². The largest absolute Gasteiger partial charge is 0.334 e. The molecule has 0 unspecified atom stereocenters. The van der Waals surface area contributed by atoms with Crippen LogP contribution in [0.15, 0.2) is 18.3 Å². The van der Waals surface area contributed by atoms with Gasteiger partial charge < -0.3 is 10.2 Å². The number of carbonyl (C=O) groups is 2. The summed E-state index contributed by atoms with van der Waals surface area (Å²) < 4.78 is 0. The van der Waals surface area contributed by atoms with Crippen molar-refractivity contribution in [3.05, 3.63) is 23.9 Å². The fourth-order valence-electron chi connectivity index (χ4n) is 1.93. The summed E-state index contributed by atoms with van der Waals surface area (Å²) in [6.45, 7) is 7.24. The summed E-state index contributed by atoms with van der Waals surface area (Å²) in [6.07, 6.45) is 5.41. The lowest BCUT2D eigenvalue weighted by Gasteiger charge is -2.21. The molecular weight excluding hydrogens is 266 g/mol. The lowest BCUT2D eigenvalue weighted by atomic mass is 10.2. The van der Waals surface area contributed by atoms with E-state index in [1.54, 1.807) is 17.2 Å². The van der Waals surface area contributed by atoms with Crippen molar-refractivity contribution in [2.45, 2.75) is 46.5 Å². The maximum atomic E-state index is 12.3. The van der Waals surface area contributed by atoms with Crippen molar-refractivity contribution in [1.29, 1.82) is 0 Å². The molecule has 1 aromatic heterocycles. The molecule has 1 aromatic rings. The standard InChI is InChI=1S/C16H25N3O2/c1-4-6-11-19(12-7-5-2)16(21)15(20)18-14-13(3)9-8-10-17-14/h8-10H,4-7,11-12H2,1-3H3,(H,17,18,20). The Morgan fingerprint density at radius 3 is 2.33 bits per heavy atom. The molecule has 0 spiro atoms. The number of pyridine rings is 1. The number of aromatic nitrogens is 1. The van der Waals surface area contributed by atoms with E-state index in [0.717, 1.165) is 31.2 Å². The molecule has 0 radical (unpaired) electrons. The van der Waals surface area contributed by atoms with Crippen molar-refractivity contribution in [2.75, 3.05) is 18.4 Å². The van der Waals surface area contributed by atoms with Gasteiger partial charge in [-0.25, -0.2) is 4.98 Å². The number of hydrogen-bond donors (Lipinski definition) is 1. The monoisotopic (exact) mass is 291 g/mol. The Bertz CT molecular complexity index is 466. The van der Waals surface area contributed by atoms with Crippen molar-refractivity contribution in [3.63, 3.8) is 0 Å². The molecule has 0 fully saturated rings. The predicted octanol–water partition coefficient (Wildman–Crippen LogP) is 2.76. The predicted molar refractivity (Wildman–Crippen MR) is 84.0 cm³/mol. The zero-order valence-corrected chi connectivity index (χ0v) is 13.2. The lowest BCUT2D eigenvalue weighted by molar-refractivity contribution is -0.143. The zero-order chi connectivity index (χ0) is 15.7. The van der Waals surface area contributed by atoms with Crippen LogP contribution in [0.3, 0.4) is 0 Å². The highest BCUT2D eigenvalue weighted by Gasteiger charge is 2.21. The summed E-state index contributed by atoms with van der Waals surface area (Å²) in [4.78, 5) is 30.1. The van der Waals surface area contributed by atoms with E-state index in [-0.39, 0.29) is 0 Å². The zero-order valence-electron chi connectivity index (χ0n) is 13.2. The average molecular weight is 291 g/mol. The van der Waals surface area contributed by atoms with E-state index in [9.17, 15) is 9.59 Å². The van der Waals surface area contributed by atoms with Gasteiger partial charge in [-0.15, -0.1) is 0 Å². The Morgan fingerprint density at radius 2 is 1.81 bits per heavy atom. The third-order valence-corrected chi connectivity index (χ3v) is 3.29. The minimum absolute atomic E-state index is 0.446. The molecule has 5 nitrogen and oxygen atoms in total. The van der Waals surface area contributed by atoms with Crippen molar-refractivity contribution < 1.29 is 9.59 Å². The highest BCUT2D eigenvalue weighted by atomic mass is 16.2. The summed E-state index contributed by atoms with van der Waals surface area (Å²) in [7, 11) is 0. The van der Waals surface area contributed by atoms with E-state index in [1.165, 1.54) is 0 Å². The number of nitrogens with zero attached hydrogens (tertiary/aromatic N) is 2. The molecule has 0 aliphatic heterocycles. The van der Waals surface area contributed by atoms with Crippen LogP contribution in [0.1, 0.15) is 45.1 Å². The highest BCUT2D eigenvalue weighted by Crippen LogP contribution is 2.09. The third kappa shape index (κ3) is 5.53. The van der Waals surface area contributed by atoms with Gasteiger partial charge >= 0.3 is 11.8 Å². The second kappa shape index (κ2) is 9.10. The van der Waals surface area contributed by atoms with Crippen LogP contribution in [0, 0.1) is 6.92 Å². The Kier molecular flexibility index (Phi) is 7.43. The number of hydrogen-bond acceptors (Lipinski definition) is 3. The maximum absolute atomic E-state index is 12.3. The van der Waals surface area contributed by atoms with Crippen LogP contribution >= 0.6 is 0 Å². The molecular formula is C16H25N3O2. The molecule has 5 heteroatoms. The Balaban J connectivity index is 2.68. The van der Waals surface area contributed by atoms with Crippen LogP contribution in [-0.2, 0) is 9.59 Å². The van der Waals surface area contributed by atoms with Gasteiger partial charge in [-0.1, -0.05) is 32.8 Å². The van der Waals surface area contributed by atoms with Crippen LogP contribution in [0.2, 0.25) is 0 Å². The highest BCUT2D eigenvalue weighted by molar-refractivity contribution is 6.39. The molecule has 0 aliphatic rings. The van der Waals surface area contributed by atoms with Crippen molar-refractivity contribution in [1.82, 2.24) is 9.88 Å². The Hall–Kier alpha value is -1.91. The molecule has 2 amide bonds. The summed E-state index contributed by atoms with van der Waals surface area (Å²) in [5.41, 5.74) is 0.840. The van der Waals surface area contributed by atoms with Gasteiger partial charge in [-0.3, -0.25) is 9.59 Å². The Labute approximate surface area is 126 Å². The first kappa shape index (κ1) is 17.1. The number of carbonyl (C=O) groups excluding carboxylic acids is 2. The molecule has 21 heavy (non-hydrogen) atoms. The van der Waals surface area contributed by atoms with E-state index in [4.69, 9.17) is 0 Å². The van der Waals surface area contributed by atoms with Crippen LogP contribution in [0.4, 0.5) is 5.82 Å². The number of anilines is 1. The molecule has 116 valence electrons. The fourth-order valence-corrected chi connectivity index (χ4v) is 1.93. The number of aryl methyl sites for hydroxylation is 1. The van der Waals surface area contributed by atoms with Gasteiger partial charge in [0.2, 0.25) is 0 Å². The van der Waals surface area contributed by atoms with Gasteiger partial charge in [0.05, 0.1) is 0 Å². The van der Waals surface area contributed by atoms with E-state index < -0.39 is 11.8 Å². The first-order valence-electron chi connectivity index (χ1n) is 7.62. The molecule has 1 N–H and O–H groups in total. The molecule has 0 aromatic carbocycles. The van der Waals surface area contributed by atoms with Crippen LogP contribution in [-0.4, -0.2) is 34.8 Å². The number of nitrogens with one attached hydrogen (secondary N) is 1. The van der Waals surface area contributed by atoms with Crippen LogP contribution in [0.25, 0.3) is 0 Å². The summed E-state index contributed by atoms with van der Waals surface area (Å²) in [6, 6.07) is 3.64. The fraction of sp³-hybridized carbons (Fsp3) is 0.562. The molecule has 1 heterocycles. The number of amides is 2. The first-order chi connectivity index (χ1) is 10.1. The molecule has 0 aliphatic carbocycles. The van der Waals surface area contributed by atoms with E-state index >= 15 is 0 Å². The molecule has 0 bridgehead atoms. The van der Waals surface area contributed by atoms with Gasteiger partial charge in [0, 0.05) is 19.3 Å². The SMILES string of the molecule is CCCCN(CCCC)C(=O)C(=O)Nc1ncccc1C.